The fourth-order valence-corrected chi connectivity index (χ4v) is 2.60. The van der Waals surface area contributed by atoms with Crippen molar-refractivity contribution in [1.29, 1.82) is 0 Å². The largest absolute Gasteiger partial charge is 0.444 e. The number of amides is 3. The predicted molar refractivity (Wildman–Crippen MR) is 91.5 cm³/mol. The van der Waals surface area contributed by atoms with E-state index in [4.69, 9.17) is 4.74 Å². The van der Waals surface area contributed by atoms with E-state index < -0.39 is 11.7 Å². The minimum absolute atomic E-state index is 0.0444. The van der Waals surface area contributed by atoms with E-state index >= 15 is 0 Å². The third-order valence-corrected chi connectivity index (χ3v) is 3.93. The molecule has 0 unspecified atom stereocenters. The molecule has 3 amide bonds. The van der Waals surface area contributed by atoms with Crippen LogP contribution in [-0.4, -0.2) is 78.5 Å². The van der Waals surface area contributed by atoms with Crippen LogP contribution in [0.25, 0.3) is 0 Å². The molecule has 1 rings (SSSR count). The highest BCUT2D eigenvalue weighted by Crippen LogP contribution is 2.12. The zero-order valence-corrected chi connectivity index (χ0v) is 15.8. The van der Waals surface area contributed by atoms with Crippen LogP contribution < -0.4 is 0 Å². The minimum atomic E-state index is -0.558. The lowest BCUT2D eigenvalue weighted by Crippen LogP contribution is -2.43. The SMILES string of the molecule is C[C@H](CN(C)C(=O)OC(C)(C)C)C(=O)N(C)CCN1CCCC1=O. The molecule has 0 aromatic heterocycles. The first kappa shape index (κ1) is 20.3. The number of likely N-dealkylation sites (tertiary alicyclic amines) is 1. The highest BCUT2D eigenvalue weighted by atomic mass is 16.6. The molecule has 0 N–H and O–H groups in total. The number of hydrogen-bond donors (Lipinski definition) is 0. The maximum atomic E-state index is 12.4. The second-order valence-electron chi connectivity index (χ2n) is 7.51. The number of rotatable bonds is 6. The van der Waals surface area contributed by atoms with Crippen molar-refractivity contribution >= 4 is 17.9 Å². The van der Waals surface area contributed by atoms with Crippen LogP contribution >= 0.6 is 0 Å². The first-order valence-corrected chi connectivity index (χ1v) is 8.48. The van der Waals surface area contributed by atoms with Gasteiger partial charge in [0.1, 0.15) is 5.60 Å². The van der Waals surface area contributed by atoms with Gasteiger partial charge in [-0.2, -0.15) is 0 Å². The molecule has 1 aliphatic rings. The molecular weight excluding hydrogens is 310 g/mol. The van der Waals surface area contributed by atoms with Gasteiger partial charge >= 0.3 is 6.09 Å². The third-order valence-electron chi connectivity index (χ3n) is 3.93. The summed E-state index contributed by atoms with van der Waals surface area (Å²) in [5, 5.41) is 0. The van der Waals surface area contributed by atoms with Crippen molar-refractivity contribution < 1.29 is 19.1 Å². The summed E-state index contributed by atoms with van der Waals surface area (Å²) in [4.78, 5) is 40.8. The Morgan fingerprint density at radius 2 is 1.88 bits per heavy atom. The standard InChI is InChI=1S/C17H31N3O4/c1-13(12-19(6)16(23)24-17(2,3)4)15(22)18(5)10-11-20-9-7-8-14(20)21/h13H,7-12H2,1-6H3/t13-/m1/s1. The van der Waals surface area contributed by atoms with Crippen molar-refractivity contribution in [2.45, 2.75) is 46.1 Å². The van der Waals surface area contributed by atoms with Crippen molar-refractivity contribution in [3.63, 3.8) is 0 Å². The Bertz CT molecular complexity index is 473. The highest BCUT2D eigenvalue weighted by Gasteiger charge is 2.26. The van der Waals surface area contributed by atoms with Crippen LogP contribution in [0.3, 0.4) is 0 Å². The number of carbonyl (C=O) groups excluding carboxylic acids is 3. The molecular formula is C17H31N3O4. The summed E-state index contributed by atoms with van der Waals surface area (Å²) in [6, 6.07) is 0. The molecule has 138 valence electrons. The van der Waals surface area contributed by atoms with E-state index in [0.717, 1.165) is 13.0 Å². The van der Waals surface area contributed by atoms with Crippen molar-refractivity contribution in [2.75, 3.05) is 40.3 Å². The molecule has 0 aromatic carbocycles. The van der Waals surface area contributed by atoms with Crippen molar-refractivity contribution in [3.05, 3.63) is 0 Å². The minimum Gasteiger partial charge on any atom is -0.444 e. The summed E-state index contributed by atoms with van der Waals surface area (Å²) in [5.41, 5.74) is -0.558. The molecule has 1 atom stereocenters. The number of nitrogens with zero attached hydrogens (tertiary/aromatic N) is 3. The summed E-state index contributed by atoms with van der Waals surface area (Å²) < 4.78 is 5.29. The Hall–Kier alpha value is -1.79. The van der Waals surface area contributed by atoms with E-state index in [-0.39, 0.29) is 17.7 Å². The van der Waals surface area contributed by atoms with Gasteiger partial charge in [-0.1, -0.05) is 6.92 Å². The van der Waals surface area contributed by atoms with Crippen LogP contribution in [0.1, 0.15) is 40.5 Å². The van der Waals surface area contributed by atoms with Gasteiger partial charge in [-0.3, -0.25) is 9.59 Å². The number of hydrogen-bond acceptors (Lipinski definition) is 4. The zero-order chi connectivity index (χ0) is 18.5. The molecule has 7 nitrogen and oxygen atoms in total. The summed E-state index contributed by atoms with van der Waals surface area (Å²) in [5.74, 6) is -0.215. The van der Waals surface area contributed by atoms with Crippen LogP contribution in [0.5, 0.6) is 0 Å². The molecule has 0 radical (unpaired) electrons. The quantitative estimate of drug-likeness (QED) is 0.735. The Labute approximate surface area is 144 Å². The molecule has 0 bridgehead atoms. The second-order valence-corrected chi connectivity index (χ2v) is 7.51. The first-order valence-electron chi connectivity index (χ1n) is 8.48. The molecule has 0 saturated carbocycles. The van der Waals surface area contributed by atoms with Crippen LogP contribution in [0, 0.1) is 5.92 Å². The molecule has 1 aliphatic heterocycles. The molecule has 1 fully saturated rings. The molecule has 0 aliphatic carbocycles. The second kappa shape index (κ2) is 8.35. The van der Waals surface area contributed by atoms with Crippen molar-refractivity contribution in [3.8, 4) is 0 Å². The smallest absolute Gasteiger partial charge is 0.410 e. The molecule has 1 heterocycles. The fraction of sp³-hybridized carbons (Fsp3) is 0.824. The van der Waals surface area contributed by atoms with E-state index in [1.807, 2.05) is 0 Å². The number of likely N-dealkylation sites (N-methyl/N-ethyl adjacent to an activating group) is 1. The monoisotopic (exact) mass is 341 g/mol. The van der Waals surface area contributed by atoms with Gasteiger partial charge in [0.15, 0.2) is 0 Å². The molecule has 0 spiro atoms. The van der Waals surface area contributed by atoms with E-state index in [0.29, 0.717) is 26.1 Å². The van der Waals surface area contributed by atoms with Crippen LogP contribution in [0.4, 0.5) is 4.79 Å². The maximum Gasteiger partial charge on any atom is 0.410 e. The Morgan fingerprint density at radius 1 is 1.25 bits per heavy atom. The number of ether oxygens (including phenoxy) is 1. The molecule has 0 aromatic rings. The summed E-state index contributed by atoms with van der Waals surface area (Å²) in [7, 11) is 3.35. The zero-order valence-electron chi connectivity index (χ0n) is 15.8. The Kier molecular flexibility index (Phi) is 7.05. The average molecular weight is 341 g/mol. The lowest BCUT2D eigenvalue weighted by Gasteiger charge is -2.28. The van der Waals surface area contributed by atoms with Gasteiger partial charge in [-0.15, -0.1) is 0 Å². The van der Waals surface area contributed by atoms with E-state index in [2.05, 4.69) is 0 Å². The van der Waals surface area contributed by atoms with Gasteiger partial charge in [0, 0.05) is 46.7 Å². The van der Waals surface area contributed by atoms with E-state index in [1.165, 1.54) is 4.90 Å². The Morgan fingerprint density at radius 3 is 2.38 bits per heavy atom. The molecule has 24 heavy (non-hydrogen) atoms. The van der Waals surface area contributed by atoms with Crippen LogP contribution in [-0.2, 0) is 14.3 Å². The highest BCUT2D eigenvalue weighted by molar-refractivity contribution is 5.80. The van der Waals surface area contributed by atoms with Gasteiger partial charge < -0.3 is 19.4 Å². The lowest BCUT2D eigenvalue weighted by molar-refractivity contribution is -0.135. The fourth-order valence-electron chi connectivity index (χ4n) is 2.60. The third kappa shape index (κ3) is 6.37. The summed E-state index contributed by atoms with van der Waals surface area (Å²) >= 11 is 0. The van der Waals surface area contributed by atoms with Crippen molar-refractivity contribution in [2.24, 2.45) is 5.92 Å². The number of carbonyl (C=O) groups is 3. The normalized spacial score (nSPS) is 16.1. The average Bonchev–Trinajstić information content (AvgIpc) is 2.87. The van der Waals surface area contributed by atoms with Gasteiger partial charge in [0.2, 0.25) is 11.8 Å². The molecule has 1 saturated heterocycles. The van der Waals surface area contributed by atoms with E-state index in [1.54, 1.807) is 51.6 Å². The maximum absolute atomic E-state index is 12.4. The predicted octanol–water partition coefficient (Wildman–Crippen LogP) is 1.57. The van der Waals surface area contributed by atoms with Gasteiger partial charge in [-0.25, -0.2) is 4.79 Å². The first-order chi connectivity index (χ1) is 11.0. The van der Waals surface area contributed by atoms with Crippen molar-refractivity contribution in [1.82, 2.24) is 14.7 Å². The van der Waals surface area contributed by atoms with Gasteiger partial charge in [-0.05, 0) is 27.2 Å². The Balaban J connectivity index is 2.42. The van der Waals surface area contributed by atoms with Crippen LogP contribution in [0.2, 0.25) is 0 Å². The molecule has 7 heteroatoms. The summed E-state index contributed by atoms with van der Waals surface area (Å²) in [6.07, 6.45) is 1.06. The van der Waals surface area contributed by atoms with Crippen LogP contribution in [0.15, 0.2) is 0 Å². The summed E-state index contributed by atoms with van der Waals surface area (Å²) in [6.45, 7) is 9.35. The lowest BCUT2D eigenvalue weighted by atomic mass is 10.1. The topological polar surface area (TPSA) is 70.2 Å². The van der Waals surface area contributed by atoms with E-state index in [9.17, 15) is 14.4 Å². The van der Waals surface area contributed by atoms with Gasteiger partial charge in [0.05, 0.1) is 5.92 Å². The van der Waals surface area contributed by atoms with Gasteiger partial charge in [0.25, 0.3) is 0 Å².